The number of imidazole rings is 2. The van der Waals surface area contributed by atoms with Gasteiger partial charge in [0.05, 0.1) is 41.3 Å². The summed E-state index contributed by atoms with van der Waals surface area (Å²) >= 11 is 0. The number of carbonyl (C=O) groups excluding carboxylic acids is 4. The summed E-state index contributed by atoms with van der Waals surface area (Å²) in [6, 6.07) is 18.7. The van der Waals surface area contributed by atoms with E-state index in [4.69, 9.17) is 24.2 Å². The number of aromatic amines is 2. The smallest absolute Gasteiger partial charge is 0.407 e. The third-order valence-electron chi connectivity index (χ3n) is 14.5. The van der Waals surface area contributed by atoms with E-state index in [9.17, 15) is 19.2 Å². The molecule has 6 heterocycles. The van der Waals surface area contributed by atoms with Crippen molar-refractivity contribution in [1.82, 2.24) is 40.4 Å². The Bertz CT molecular complexity index is 2890. The minimum atomic E-state index is -0.712. The fourth-order valence-corrected chi connectivity index (χ4v) is 11.0. The molecule has 2 unspecified atom stereocenters. The number of aromatic nitrogens is 4. The van der Waals surface area contributed by atoms with Crippen molar-refractivity contribution in [2.45, 2.75) is 101 Å². The Labute approximate surface area is 382 Å². The first kappa shape index (κ1) is 43.4. The first-order valence-corrected chi connectivity index (χ1v) is 23.4. The Kier molecular flexibility index (Phi) is 12.1. The van der Waals surface area contributed by atoms with Crippen LogP contribution in [0.2, 0.25) is 0 Å². The largest absolute Gasteiger partial charge is 0.453 e. The van der Waals surface area contributed by atoms with E-state index in [-0.39, 0.29) is 47.8 Å². The topological polar surface area (TPSA) is 184 Å². The lowest BCUT2D eigenvalue weighted by Gasteiger charge is -2.36. The molecule has 15 heteroatoms. The zero-order valence-corrected chi connectivity index (χ0v) is 37.6. The van der Waals surface area contributed by atoms with Gasteiger partial charge in [0.1, 0.15) is 23.7 Å². The molecule has 66 heavy (non-hydrogen) atoms. The summed E-state index contributed by atoms with van der Waals surface area (Å²) in [5.41, 5.74) is 5.22. The van der Waals surface area contributed by atoms with Crippen molar-refractivity contribution in [1.29, 1.82) is 0 Å². The number of H-pyrrole nitrogens is 2. The fourth-order valence-electron chi connectivity index (χ4n) is 11.0. The first-order chi connectivity index (χ1) is 32.2. The number of carbonyl (C=O) groups is 4. The molecule has 342 valence electrons. The summed E-state index contributed by atoms with van der Waals surface area (Å²) in [7, 11) is 1.31. The molecular formula is C51H56N8O7. The molecule has 4 fully saturated rings. The highest BCUT2D eigenvalue weighted by Gasteiger charge is 2.44. The molecule has 0 spiro atoms. The van der Waals surface area contributed by atoms with Crippen LogP contribution in [-0.4, -0.2) is 112 Å². The van der Waals surface area contributed by atoms with Crippen LogP contribution in [0.1, 0.15) is 100 Å². The molecule has 0 saturated carbocycles. The molecule has 0 bridgehead atoms. The number of ether oxygens (including phenoxy) is 3. The van der Waals surface area contributed by atoms with E-state index < -0.39 is 18.2 Å². The summed E-state index contributed by atoms with van der Waals surface area (Å²) in [6.07, 6.45) is 6.07. The zero-order chi connectivity index (χ0) is 45.5. The number of amides is 4. The minimum Gasteiger partial charge on any atom is -0.453 e. The van der Waals surface area contributed by atoms with Crippen molar-refractivity contribution in [3.05, 3.63) is 83.4 Å². The van der Waals surface area contributed by atoms with Gasteiger partial charge in [0.25, 0.3) is 0 Å². The van der Waals surface area contributed by atoms with Gasteiger partial charge >= 0.3 is 6.09 Å². The average Bonchev–Trinajstić information content (AvgIpc) is 4.16. The van der Waals surface area contributed by atoms with Crippen molar-refractivity contribution >= 4 is 67.9 Å². The lowest BCUT2D eigenvalue weighted by Crippen LogP contribution is -2.54. The normalized spacial score (nSPS) is 22.7. The van der Waals surface area contributed by atoms with E-state index in [1.807, 2.05) is 34.1 Å². The Balaban J connectivity index is 0.874. The maximum Gasteiger partial charge on any atom is 0.407 e. The molecule has 10 rings (SSSR count). The summed E-state index contributed by atoms with van der Waals surface area (Å²) in [4.78, 5) is 73.7. The Hall–Kier alpha value is -6.50. The van der Waals surface area contributed by atoms with Crippen LogP contribution in [0.4, 0.5) is 4.79 Å². The molecular weight excluding hydrogens is 837 g/mol. The van der Waals surface area contributed by atoms with Crippen LogP contribution in [0.5, 0.6) is 0 Å². The van der Waals surface area contributed by atoms with Crippen LogP contribution in [0.15, 0.2) is 60.7 Å². The molecule has 6 atom stereocenters. The van der Waals surface area contributed by atoms with E-state index in [2.05, 4.69) is 82.7 Å². The first-order valence-electron chi connectivity index (χ1n) is 23.4. The van der Waals surface area contributed by atoms with Crippen molar-refractivity contribution < 1.29 is 33.4 Å². The van der Waals surface area contributed by atoms with Crippen molar-refractivity contribution in [3.8, 4) is 11.8 Å². The van der Waals surface area contributed by atoms with E-state index in [0.717, 1.165) is 105 Å². The quantitative estimate of drug-likeness (QED) is 0.0882. The highest BCUT2D eigenvalue weighted by atomic mass is 16.5. The number of likely N-dealkylation sites (tertiary alicyclic amines) is 2. The number of fused-ring (bicyclic) bond motifs is 6. The van der Waals surface area contributed by atoms with Crippen molar-refractivity contribution in [2.75, 3.05) is 33.5 Å². The molecule has 4 aromatic carbocycles. The van der Waals surface area contributed by atoms with Gasteiger partial charge in [-0.25, -0.2) is 14.8 Å². The zero-order valence-electron chi connectivity index (χ0n) is 37.6. The predicted octanol–water partition coefficient (Wildman–Crippen LogP) is 6.94. The van der Waals surface area contributed by atoms with Crippen LogP contribution in [0.25, 0.3) is 43.6 Å². The van der Waals surface area contributed by atoms with E-state index in [0.29, 0.717) is 45.7 Å². The highest BCUT2D eigenvalue weighted by Crippen LogP contribution is 2.40. The molecule has 4 aliphatic heterocycles. The van der Waals surface area contributed by atoms with Crippen LogP contribution in [0.3, 0.4) is 0 Å². The average molecular weight is 893 g/mol. The minimum absolute atomic E-state index is 0.0163. The Morgan fingerprint density at radius 1 is 0.682 bits per heavy atom. The standard InChI is InChI=1S/C51H56N8O7/c1-29-4-16-41(58(29)49(61)43(52-28-60)33-18-22-65-23-19-33)47-53-39-14-10-35-26-31(8-12-37(35)45(39)55-47)6-7-32-9-13-38-36(27-32)11-15-40-46(38)56-48(54-40)42-17-5-30(2)59(42)50(62)44(57-51(63)64-3)34-20-24-66-25-21-34/h8-15,26-30,33-34,41-44H,4-5,16-25H2,1-3H3,(H,52,60)(H,53,55)(H,54,56)(H,57,63)/t29-,30-,41-,42-,43?,44?/m0/s1. The SMILES string of the molecule is COC(=O)NC(C(=O)N1[C@@H](C)CC[C@H]1c1nc2c(ccc3cc(C#Cc4ccc5c(ccc6[nH]c([C@@H]7CC[C@H](C)N7C(=O)C(NC=O)C7CCOCC7)nc65)c4)ccc32)[nH]1)C1CCOCC1. The molecule has 4 amide bonds. The summed E-state index contributed by atoms with van der Waals surface area (Å²) in [5.74, 6) is 8.04. The number of alkyl carbamates (subject to hydrolysis) is 1. The molecule has 15 nitrogen and oxygen atoms in total. The number of nitrogens with zero attached hydrogens (tertiary/aromatic N) is 4. The third-order valence-corrected chi connectivity index (χ3v) is 14.5. The summed E-state index contributed by atoms with van der Waals surface area (Å²) in [5, 5.41) is 9.70. The number of nitrogens with one attached hydrogen (secondary N) is 4. The maximum absolute atomic E-state index is 14.3. The van der Waals surface area contributed by atoms with Crippen LogP contribution >= 0.6 is 0 Å². The van der Waals surface area contributed by atoms with E-state index in [1.54, 1.807) is 0 Å². The predicted molar refractivity (Wildman–Crippen MR) is 249 cm³/mol. The van der Waals surface area contributed by atoms with Gasteiger partial charge in [-0.1, -0.05) is 36.1 Å². The number of benzene rings is 4. The van der Waals surface area contributed by atoms with Gasteiger partial charge in [0.2, 0.25) is 18.2 Å². The summed E-state index contributed by atoms with van der Waals surface area (Å²) in [6.45, 7) is 6.40. The molecule has 6 aromatic rings. The Morgan fingerprint density at radius 3 is 1.62 bits per heavy atom. The molecule has 4 saturated heterocycles. The maximum atomic E-state index is 14.3. The van der Waals surface area contributed by atoms with Gasteiger partial charge in [-0.3, -0.25) is 14.4 Å². The van der Waals surface area contributed by atoms with Crippen LogP contribution in [0, 0.1) is 23.7 Å². The second kappa shape index (κ2) is 18.4. The monoisotopic (exact) mass is 892 g/mol. The van der Waals surface area contributed by atoms with Gasteiger partial charge in [0, 0.05) is 60.4 Å². The lowest BCUT2D eigenvalue weighted by molar-refractivity contribution is -0.140. The van der Waals surface area contributed by atoms with Crippen LogP contribution < -0.4 is 10.6 Å². The molecule has 4 N–H and O–H groups in total. The van der Waals surface area contributed by atoms with Gasteiger partial charge in [0.15, 0.2) is 0 Å². The van der Waals surface area contributed by atoms with Crippen LogP contribution in [-0.2, 0) is 28.6 Å². The highest BCUT2D eigenvalue weighted by molar-refractivity contribution is 6.05. The van der Waals surface area contributed by atoms with E-state index in [1.165, 1.54) is 7.11 Å². The number of methoxy groups -OCH3 is 1. The number of hydrogen-bond acceptors (Lipinski definition) is 9. The Morgan fingerprint density at radius 2 is 1.15 bits per heavy atom. The van der Waals surface area contributed by atoms with Gasteiger partial charge in [-0.15, -0.1) is 0 Å². The molecule has 0 radical (unpaired) electrons. The number of rotatable bonds is 9. The third kappa shape index (κ3) is 8.21. The van der Waals surface area contributed by atoms with Gasteiger partial charge in [-0.2, -0.15) is 0 Å². The second-order valence-electron chi connectivity index (χ2n) is 18.4. The molecule has 0 aliphatic carbocycles. The molecule has 4 aliphatic rings. The van der Waals surface area contributed by atoms with Crippen molar-refractivity contribution in [3.63, 3.8) is 0 Å². The second-order valence-corrected chi connectivity index (χ2v) is 18.4. The molecule has 2 aromatic heterocycles. The lowest BCUT2D eigenvalue weighted by atomic mass is 9.90. The van der Waals surface area contributed by atoms with E-state index >= 15 is 0 Å². The number of hydrogen-bond donors (Lipinski definition) is 4. The van der Waals surface area contributed by atoms with Gasteiger partial charge < -0.3 is 44.6 Å². The van der Waals surface area contributed by atoms with Crippen molar-refractivity contribution in [2.24, 2.45) is 11.8 Å². The summed E-state index contributed by atoms with van der Waals surface area (Å²) < 4.78 is 16.0. The fraction of sp³-hybridized carbons (Fsp3) is 0.451. The van der Waals surface area contributed by atoms with Gasteiger partial charge in [-0.05, 0) is 124 Å².